The number of hydrogen-bond donors (Lipinski definition) is 1. The van der Waals surface area contributed by atoms with E-state index in [0.29, 0.717) is 6.54 Å². The van der Waals surface area contributed by atoms with Gasteiger partial charge in [-0.15, -0.1) is 11.3 Å². The van der Waals surface area contributed by atoms with Crippen LogP contribution in [0.2, 0.25) is 4.34 Å². The van der Waals surface area contributed by atoms with Crippen LogP contribution in [0.25, 0.3) is 0 Å². The van der Waals surface area contributed by atoms with Gasteiger partial charge in [0.25, 0.3) is 0 Å². The van der Waals surface area contributed by atoms with Crippen molar-refractivity contribution in [2.45, 2.75) is 25.9 Å². The number of nitrogens with one attached hydrogen (secondary N) is 1. The Bertz CT molecular complexity index is 611. The largest absolute Gasteiger partial charge is 0.468 e. The molecule has 0 spiro atoms. The van der Waals surface area contributed by atoms with E-state index < -0.39 is 0 Å². The lowest BCUT2D eigenvalue weighted by molar-refractivity contribution is -0.127. The van der Waals surface area contributed by atoms with Crippen LogP contribution in [-0.2, 0) is 17.9 Å². The Morgan fingerprint density at radius 2 is 2.36 bits per heavy atom. The van der Waals surface area contributed by atoms with E-state index in [9.17, 15) is 4.79 Å². The minimum atomic E-state index is 0.0548. The minimum absolute atomic E-state index is 0.0548. The Kier molecular flexibility index (Phi) is 5.18. The zero-order valence-electron chi connectivity index (χ0n) is 12.3. The summed E-state index contributed by atoms with van der Waals surface area (Å²) in [6.07, 6.45) is 3.69. The molecule has 1 fully saturated rings. The van der Waals surface area contributed by atoms with E-state index in [-0.39, 0.29) is 11.8 Å². The van der Waals surface area contributed by atoms with Gasteiger partial charge in [-0.1, -0.05) is 11.6 Å². The van der Waals surface area contributed by atoms with Gasteiger partial charge in [0.05, 0.1) is 29.6 Å². The van der Waals surface area contributed by atoms with Crippen LogP contribution in [0.5, 0.6) is 0 Å². The fraction of sp³-hybridized carbons (Fsp3) is 0.438. The predicted molar refractivity (Wildman–Crippen MR) is 87.9 cm³/mol. The molecule has 0 bridgehead atoms. The van der Waals surface area contributed by atoms with Gasteiger partial charge in [0, 0.05) is 11.4 Å². The maximum atomic E-state index is 12.3. The summed E-state index contributed by atoms with van der Waals surface area (Å²) in [5, 5.41) is 3.02. The maximum Gasteiger partial charge on any atom is 0.224 e. The molecular formula is C16H19ClN2O2S. The molecule has 1 amide bonds. The number of hydrogen-bond acceptors (Lipinski definition) is 4. The lowest BCUT2D eigenvalue weighted by Crippen LogP contribution is -2.42. The highest BCUT2D eigenvalue weighted by Gasteiger charge is 2.26. The van der Waals surface area contributed by atoms with Gasteiger partial charge in [0.2, 0.25) is 5.91 Å². The predicted octanol–water partition coefficient (Wildman–Crippen LogP) is 3.52. The van der Waals surface area contributed by atoms with Crippen molar-refractivity contribution in [2.75, 3.05) is 13.1 Å². The molecule has 1 unspecified atom stereocenters. The first-order chi connectivity index (χ1) is 10.7. The van der Waals surface area contributed by atoms with Gasteiger partial charge in [-0.3, -0.25) is 9.69 Å². The average Bonchev–Trinajstić information content (AvgIpc) is 3.17. The van der Waals surface area contributed by atoms with Gasteiger partial charge >= 0.3 is 0 Å². The third-order valence-electron chi connectivity index (χ3n) is 3.90. The molecule has 2 aromatic heterocycles. The number of rotatable bonds is 5. The van der Waals surface area contributed by atoms with E-state index in [1.54, 1.807) is 6.26 Å². The molecule has 1 saturated heterocycles. The number of furan rings is 1. The third kappa shape index (κ3) is 4.12. The molecule has 0 aromatic carbocycles. The van der Waals surface area contributed by atoms with E-state index in [1.807, 2.05) is 24.3 Å². The van der Waals surface area contributed by atoms with Crippen molar-refractivity contribution in [1.82, 2.24) is 10.2 Å². The second-order valence-electron chi connectivity index (χ2n) is 5.58. The van der Waals surface area contributed by atoms with Gasteiger partial charge in [-0.25, -0.2) is 0 Å². The second kappa shape index (κ2) is 7.31. The number of amides is 1. The summed E-state index contributed by atoms with van der Waals surface area (Å²) < 4.78 is 6.14. The van der Waals surface area contributed by atoms with Crippen LogP contribution in [0.1, 0.15) is 23.5 Å². The highest BCUT2D eigenvalue weighted by molar-refractivity contribution is 7.16. The van der Waals surface area contributed by atoms with Crippen molar-refractivity contribution in [3.63, 3.8) is 0 Å². The van der Waals surface area contributed by atoms with Gasteiger partial charge in [-0.2, -0.15) is 0 Å². The van der Waals surface area contributed by atoms with Crippen molar-refractivity contribution < 1.29 is 9.21 Å². The normalized spacial score (nSPS) is 19.2. The smallest absolute Gasteiger partial charge is 0.224 e. The topological polar surface area (TPSA) is 45.5 Å². The van der Waals surface area contributed by atoms with Crippen molar-refractivity contribution in [1.29, 1.82) is 0 Å². The molecular weight excluding hydrogens is 320 g/mol. The number of carbonyl (C=O) groups is 1. The van der Waals surface area contributed by atoms with E-state index in [2.05, 4.69) is 10.2 Å². The maximum absolute atomic E-state index is 12.3. The van der Waals surface area contributed by atoms with Gasteiger partial charge in [0.15, 0.2) is 0 Å². The summed E-state index contributed by atoms with van der Waals surface area (Å²) in [5.74, 6) is 1.14. The first-order valence-electron chi connectivity index (χ1n) is 7.47. The van der Waals surface area contributed by atoms with Crippen LogP contribution >= 0.6 is 22.9 Å². The Morgan fingerprint density at radius 1 is 1.45 bits per heavy atom. The van der Waals surface area contributed by atoms with E-state index in [1.165, 1.54) is 11.3 Å². The molecule has 1 aliphatic rings. The number of carbonyl (C=O) groups excluding carboxylic acids is 1. The SMILES string of the molecule is O=C(NCc1ccc(Cl)s1)C1CCCN(Cc2ccco2)C1. The summed E-state index contributed by atoms with van der Waals surface area (Å²) in [6.45, 7) is 3.14. The zero-order chi connectivity index (χ0) is 15.4. The van der Waals surface area contributed by atoms with Gasteiger partial charge < -0.3 is 9.73 Å². The summed E-state index contributed by atoms with van der Waals surface area (Å²) in [7, 11) is 0. The third-order valence-corrected chi connectivity index (χ3v) is 5.13. The van der Waals surface area contributed by atoms with Crippen molar-refractivity contribution in [3.05, 3.63) is 45.5 Å². The fourth-order valence-electron chi connectivity index (χ4n) is 2.80. The van der Waals surface area contributed by atoms with Gasteiger partial charge in [-0.05, 0) is 43.7 Å². The summed E-state index contributed by atoms with van der Waals surface area (Å²) in [6, 6.07) is 7.69. The Morgan fingerprint density at radius 3 is 3.09 bits per heavy atom. The van der Waals surface area contributed by atoms with E-state index in [0.717, 1.165) is 47.4 Å². The molecule has 0 radical (unpaired) electrons. The van der Waals surface area contributed by atoms with Gasteiger partial charge in [0.1, 0.15) is 5.76 Å². The van der Waals surface area contributed by atoms with Crippen LogP contribution in [0.3, 0.4) is 0 Å². The molecule has 1 aliphatic heterocycles. The Labute approximate surface area is 139 Å². The highest BCUT2D eigenvalue weighted by atomic mass is 35.5. The molecule has 3 rings (SSSR count). The molecule has 2 aromatic rings. The lowest BCUT2D eigenvalue weighted by atomic mass is 9.97. The van der Waals surface area contributed by atoms with Crippen molar-refractivity contribution in [2.24, 2.45) is 5.92 Å². The molecule has 1 atom stereocenters. The number of halogens is 1. The average molecular weight is 339 g/mol. The highest BCUT2D eigenvalue weighted by Crippen LogP contribution is 2.22. The second-order valence-corrected chi connectivity index (χ2v) is 7.38. The molecule has 1 N–H and O–H groups in total. The summed E-state index contributed by atoms with van der Waals surface area (Å²) in [4.78, 5) is 15.7. The van der Waals surface area contributed by atoms with Crippen LogP contribution in [0.15, 0.2) is 34.9 Å². The first kappa shape index (κ1) is 15.6. The van der Waals surface area contributed by atoms with Crippen molar-refractivity contribution >= 4 is 28.8 Å². The van der Waals surface area contributed by atoms with Crippen LogP contribution in [0.4, 0.5) is 0 Å². The minimum Gasteiger partial charge on any atom is -0.468 e. The molecule has 0 saturated carbocycles. The Balaban J connectivity index is 1.49. The summed E-state index contributed by atoms with van der Waals surface area (Å²) >= 11 is 7.41. The molecule has 4 nitrogen and oxygen atoms in total. The fourth-order valence-corrected chi connectivity index (χ4v) is 3.83. The Hall–Kier alpha value is -1.30. The molecule has 0 aliphatic carbocycles. The molecule has 118 valence electrons. The molecule has 3 heterocycles. The molecule has 6 heteroatoms. The summed E-state index contributed by atoms with van der Waals surface area (Å²) in [5.41, 5.74) is 0. The van der Waals surface area contributed by atoms with Crippen LogP contribution in [-0.4, -0.2) is 23.9 Å². The van der Waals surface area contributed by atoms with Crippen molar-refractivity contribution in [3.8, 4) is 0 Å². The standard InChI is InChI=1S/C16H19ClN2O2S/c17-15-6-5-14(22-15)9-18-16(20)12-3-1-7-19(10-12)11-13-4-2-8-21-13/h2,4-6,8,12H,1,3,7,9-11H2,(H,18,20). The quantitative estimate of drug-likeness (QED) is 0.907. The number of nitrogens with zero attached hydrogens (tertiary/aromatic N) is 1. The molecule has 22 heavy (non-hydrogen) atoms. The number of likely N-dealkylation sites (tertiary alicyclic amines) is 1. The van der Waals surface area contributed by atoms with Crippen LogP contribution in [0, 0.1) is 5.92 Å². The van der Waals surface area contributed by atoms with Crippen LogP contribution < -0.4 is 5.32 Å². The van der Waals surface area contributed by atoms with E-state index >= 15 is 0 Å². The zero-order valence-corrected chi connectivity index (χ0v) is 13.8. The first-order valence-corrected chi connectivity index (χ1v) is 8.67. The van der Waals surface area contributed by atoms with E-state index in [4.69, 9.17) is 16.0 Å². The monoisotopic (exact) mass is 338 g/mol. The number of piperidine rings is 1. The lowest BCUT2D eigenvalue weighted by Gasteiger charge is -2.31. The number of thiophene rings is 1.